The number of amides is 1. The van der Waals surface area contributed by atoms with Crippen LogP contribution >= 0.6 is 11.8 Å². The predicted molar refractivity (Wildman–Crippen MR) is 203 cm³/mol. The van der Waals surface area contributed by atoms with Crippen molar-refractivity contribution >= 4 is 29.2 Å². The first kappa shape index (κ1) is 34.6. The van der Waals surface area contributed by atoms with Crippen molar-refractivity contribution in [2.75, 3.05) is 22.9 Å². The normalized spacial score (nSPS) is 12.2. The van der Waals surface area contributed by atoms with Gasteiger partial charge in [-0.05, 0) is 86.2 Å². The van der Waals surface area contributed by atoms with Crippen molar-refractivity contribution in [3.63, 3.8) is 0 Å². The number of ether oxygens (including phenoxy) is 1. The van der Waals surface area contributed by atoms with Gasteiger partial charge < -0.3 is 20.7 Å². The highest BCUT2D eigenvalue weighted by atomic mass is 32.2. The number of nitrogens with one attached hydrogen (secondary N) is 3. The highest BCUT2D eigenvalue weighted by Crippen LogP contribution is 2.48. The zero-order chi connectivity index (χ0) is 34.0. The van der Waals surface area contributed by atoms with Gasteiger partial charge >= 0.3 is 6.09 Å². The van der Waals surface area contributed by atoms with Crippen LogP contribution in [0.25, 0.3) is 0 Å². The van der Waals surface area contributed by atoms with Crippen LogP contribution in [0.5, 0.6) is 0 Å². The number of carbonyl (C=O) groups is 1. The van der Waals surface area contributed by atoms with Crippen LogP contribution in [0.1, 0.15) is 54.2 Å². The van der Waals surface area contributed by atoms with Gasteiger partial charge in [0.15, 0.2) is 0 Å². The van der Waals surface area contributed by atoms with E-state index in [9.17, 15) is 4.79 Å². The summed E-state index contributed by atoms with van der Waals surface area (Å²) >= 11 is 1.82. The molecule has 48 heavy (non-hydrogen) atoms. The van der Waals surface area contributed by atoms with Crippen molar-refractivity contribution in [3.8, 4) is 0 Å². The van der Waals surface area contributed by atoms with Crippen molar-refractivity contribution in [1.82, 2.24) is 5.32 Å². The van der Waals surface area contributed by atoms with Crippen LogP contribution in [0.3, 0.4) is 0 Å². The Morgan fingerprint density at radius 2 is 1.27 bits per heavy atom. The van der Waals surface area contributed by atoms with E-state index in [4.69, 9.17) is 4.74 Å². The first-order valence-electron chi connectivity index (χ1n) is 16.6. The van der Waals surface area contributed by atoms with E-state index in [1.54, 1.807) is 0 Å². The minimum Gasteiger partial charge on any atom is -0.444 e. The van der Waals surface area contributed by atoms with Gasteiger partial charge in [0.1, 0.15) is 5.60 Å². The van der Waals surface area contributed by atoms with E-state index in [1.165, 1.54) is 33.4 Å². The lowest BCUT2D eigenvalue weighted by Gasteiger charge is -2.37. The summed E-state index contributed by atoms with van der Waals surface area (Å²) < 4.78 is 5.22. The molecule has 0 saturated carbocycles. The van der Waals surface area contributed by atoms with Crippen molar-refractivity contribution in [2.24, 2.45) is 0 Å². The molecule has 248 valence electrons. The minimum absolute atomic E-state index is 0.239. The van der Waals surface area contributed by atoms with Crippen LogP contribution in [0.2, 0.25) is 0 Å². The van der Waals surface area contributed by atoms with Gasteiger partial charge in [0.25, 0.3) is 0 Å². The summed E-state index contributed by atoms with van der Waals surface area (Å²) in [4.78, 5) is 13.2. The molecule has 0 bridgehead atoms. The second-order valence-electron chi connectivity index (χ2n) is 13.1. The first-order chi connectivity index (χ1) is 23.1. The Morgan fingerprint density at radius 3 is 1.83 bits per heavy atom. The monoisotopic (exact) mass is 657 g/mol. The molecule has 5 nitrogen and oxygen atoms in total. The zero-order valence-corrected chi connectivity index (χ0v) is 29.4. The number of hydrogen-bond acceptors (Lipinski definition) is 5. The third-order valence-electron chi connectivity index (χ3n) is 8.33. The Hall–Kier alpha value is -4.68. The summed E-state index contributed by atoms with van der Waals surface area (Å²) in [5, 5.41) is 10.4. The second kappa shape index (κ2) is 15.9. The molecule has 0 aliphatic heterocycles. The quantitative estimate of drug-likeness (QED) is 0.110. The highest BCUT2D eigenvalue weighted by molar-refractivity contribution is 8.00. The van der Waals surface area contributed by atoms with Crippen molar-refractivity contribution in [2.45, 2.75) is 57.6 Å². The van der Waals surface area contributed by atoms with Crippen molar-refractivity contribution in [3.05, 3.63) is 167 Å². The van der Waals surface area contributed by atoms with Gasteiger partial charge in [-0.1, -0.05) is 115 Å². The van der Waals surface area contributed by atoms with E-state index < -0.39 is 16.4 Å². The van der Waals surface area contributed by atoms with Crippen LogP contribution in [0.15, 0.2) is 133 Å². The molecule has 0 spiro atoms. The maximum atomic E-state index is 13.2. The molecule has 6 heteroatoms. The largest absolute Gasteiger partial charge is 0.444 e. The SMILES string of the molecule is Cc1cccc(NCc2cccc(NC[C@H](CSC(c3ccccc3)(c3ccccc3)c3ccccc3)NC(=O)OC(C)(C)C)c2)c1C. The third kappa shape index (κ3) is 9.02. The molecule has 0 aliphatic carbocycles. The molecule has 5 rings (SSSR count). The maximum absolute atomic E-state index is 13.2. The molecule has 0 fully saturated rings. The van der Waals surface area contributed by atoms with Crippen LogP contribution < -0.4 is 16.0 Å². The summed E-state index contributed by atoms with van der Waals surface area (Å²) in [5.41, 5.74) is 8.78. The highest BCUT2D eigenvalue weighted by Gasteiger charge is 2.37. The van der Waals surface area contributed by atoms with E-state index >= 15 is 0 Å². The molecule has 3 N–H and O–H groups in total. The average molecular weight is 658 g/mol. The van der Waals surface area contributed by atoms with Crippen LogP contribution in [0.4, 0.5) is 16.2 Å². The summed E-state index contributed by atoms with van der Waals surface area (Å²) in [6.45, 7) is 11.2. The van der Waals surface area contributed by atoms with Gasteiger partial charge in [-0.15, -0.1) is 11.8 Å². The molecule has 0 saturated heterocycles. The summed E-state index contributed by atoms with van der Waals surface area (Å²) in [6, 6.07) is 46.4. The average Bonchev–Trinajstić information content (AvgIpc) is 3.09. The Bertz CT molecular complexity index is 1660. The standard InChI is InChI=1S/C42H47N3O2S/c1-31-17-15-26-39(32(31)2)44-28-33-18-16-25-37(27-33)43-29-38(45-40(46)47-41(3,4)5)30-48-42(34-19-9-6-10-20-34,35-21-11-7-12-22-35)36-23-13-8-14-24-36/h6-27,38,43-44H,28-30H2,1-5H3,(H,45,46)/t38-/m1/s1. The lowest BCUT2D eigenvalue weighted by Crippen LogP contribution is -2.45. The summed E-state index contributed by atoms with van der Waals surface area (Å²) in [7, 11) is 0. The molecule has 0 heterocycles. The molecule has 0 radical (unpaired) electrons. The van der Waals surface area contributed by atoms with Crippen molar-refractivity contribution < 1.29 is 9.53 Å². The molecule has 1 amide bonds. The number of hydrogen-bond donors (Lipinski definition) is 3. The van der Waals surface area contributed by atoms with Crippen LogP contribution in [0, 0.1) is 13.8 Å². The summed E-state index contributed by atoms with van der Waals surface area (Å²) in [5.74, 6) is 0.624. The van der Waals surface area contributed by atoms with E-state index in [0.717, 1.165) is 11.4 Å². The molecule has 1 atom stereocenters. The second-order valence-corrected chi connectivity index (χ2v) is 14.4. The van der Waals surface area contributed by atoms with Gasteiger partial charge in [-0.25, -0.2) is 4.79 Å². The Labute approximate surface area is 290 Å². The maximum Gasteiger partial charge on any atom is 0.407 e. The van der Waals surface area contributed by atoms with Gasteiger partial charge in [0.2, 0.25) is 0 Å². The van der Waals surface area contributed by atoms with Gasteiger partial charge in [-0.2, -0.15) is 0 Å². The Morgan fingerprint density at radius 1 is 0.708 bits per heavy atom. The fraction of sp³-hybridized carbons (Fsp3) is 0.262. The predicted octanol–water partition coefficient (Wildman–Crippen LogP) is 9.95. The van der Waals surface area contributed by atoms with Crippen LogP contribution in [-0.4, -0.2) is 30.0 Å². The van der Waals surface area contributed by atoms with E-state index in [2.05, 4.69) is 163 Å². The van der Waals surface area contributed by atoms with Crippen molar-refractivity contribution in [1.29, 1.82) is 0 Å². The summed E-state index contributed by atoms with van der Waals surface area (Å²) in [6.07, 6.45) is -0.425. The number of thioether (sulfide) groups is 1. The molecular formula is C42H47N3O2S. The lowest BCUT2D eigenvalue weighted by atomic mass is 9.84. The zero-order valence-electron chi connectivity index (χ0n) is 28.6. The van der Waals surface area contributed by atoms with Gasteiger partial charge in [0, 0.05) is 30.2 Å². The topological polar surface area (TPSA) is 62.4 Å². The third-order valence-corrected chi connectivity index (χ3v) is 10.0. The van der Waals surface area contributed by atoms with Gasteiger partial charge in [-0.3, -0.25) is 0 Å². The van der Waals surface area contributed by atoms with Crippen LogP contribution in [-0.2, 0) is 16.0 Å². The fourth-order valence-corrected chi connectivity index (χ4v) is 7.35. The fourth-order valence-electron chi connectivity index (χ4n) is 5.79. The number of benzene rings is 5. The molecule has 0 aromatic heterocycles. The number of anilines is 2. The van der Waals surface area contributed by atoms with E-state index in [0.29, 0.717) is 18.8 Å². The molecule has 5 aromatic rings. The number of aryl methyl sites for hydroxylation is 1. The molecule has 5 aromatic carbocycles. The molecule has 0 unspecified atom stereocenters. The Balaban J connectivity index is 1.40. The molecule has 0 aliphatic rings. The minimum atomic E-state index is -0.603. The van der Waals surface area contributed by atoms with E-state index in [-0.39, 0.29) is 6.04 Å². The smallest absolute Gasteiger partial charge is 0.407 e. The van der Waals surface area contributed by atoms with E-state index in [1.807, 2.05) is 32.5 Å². The number of alkyl carbamates (subject to hydrolysis) is 1. The van der Waals surface area contributed by atoms with Gasteiger partial charge in [0.05, 0.1) is 10.8 Å². The number of rotatable bonds is 13. The molecular weight excluding hydrogens is 611 g/mol. The Kier molecular flexibility index (Phi) is 11.5. The number of carbonyl (C=O) groups excluding carboxylic acids is 1. The lowest BCUT2D eigenvalue weighted by molar-refractivity contribution is 0.0512. The first-order valence-corrected chi connectivity index (χ1v) is 17.6.